The molecule has 3 nitrogen and oxygen atoms in total. The van der Waals surface area contributed by atoms with E-state index in [1.54, 1.807) is 0 Å². The highest BCUT2D eigenvalue weighted by Gasteiger charge is 2.08. The van der Waals surface area contributed by atoms with Gasteiger partial charge < -0.3 is 11.1 Å². The van der Waals surface area contributed by atoms with Crippen LogP contribution in [0.4, 0.5) is 0 Å². The van der Waals surface area contributed by atoms with Crippen molar-refractivity contribution >= 4 is 5.96 Å². The molecule has 1 aromatic rings. The Balaban J connectivity index is 2.69. The molecule has 0 aliphatic heterocycles. The minimum absolute atomic E-state index is 0.251. The summed E-state index contributed by atoms with van der Waals surface area (Å²) in [5, 5.41) is 3.21. The van der Waals surface area contributed by atoms with Gasteiger partial charge >= 0.3 is 0 Å². The Morgan fingerprint density at radius 1 is 1.33 bits per heavy atom. The lowest BCUT2D eigenvalue weighted by Crippen LogP contribution is -2.34. The van der Waals surface area contributed by atoms with E-state index in [0.29, 0.717) is 12.5 Å². The molecule has 0 heterocycles. The lowest BCUT2D eigenvalue weighted by atomic mass is 10.1. The van der Waals surface area contributed by atoms with E-state index in [1.165, 1.54) is 5.56 Å². The maximum Gasteiger partial charge on any atom is 0.189 e. The first kappa shape index (κ1) is 11.6. The van der Waals surface area contributed by atoms with Gasteiger partial charge in [0.2, 0.25) is 0 Å². The molecule has 0 aromatic heterocycles. The molecule has 15 heavy (non-hydrogen) atoms. The van der Waals surface area contributed by atoms with Crippen molar-refractivity contribution in [3.8, 4) is 0 Å². The Morgan fingerprint density at radius 2 is 2.00 bits per heavy atom. The van der Waals surface area contributed by atoms with Crippen LogP contribution in [0.2, 0.25) is 0 Å². The van der Waals surface area contributed by atoms with Crippen LogP contribution in [0.1, 0.15) is 31.9 Å². The molecule has 0 fully saturated rings. The second kappa shape index (κ2) is 6.06. The van der Waals surface area contributed by atoms with Crippen molar-refractivity contribution < 1.29 is 0 Å². The SMILES string of the molecule is CCN=C(N)NC(CC)c1ccccc1. The lowest BCUT2D eigenvalue weighted by Gasteiger charge is -2.17. The van der Waals surface area contributed by atoms with Crippen molar-refractivity contribution in [3.63, 3.8) is 0 Å². The Kier molecular flexibility index (Phi) is 4.68. The number of hydrogen-bond donors (Lipinski definition) is 2. The van der Waals surface area contributed by atoms with Gasteiger partial charge in [-0.2, -0.15) is 0 Å². The van der Waals surface area contributed by atoms with Crippen molar-refractivity contribution in [1.82, 2.24) is 5.32 Å². The number of hydrogen-bond acceptors (Lipinski definition) is 1. The fourth-order valence-corrected chi connectivity index (χ4v) is 1.50. The van der Waals surface area contributed by atoms with Gasteiger partial charge in [0, 0.05) is 6.54 Å². The molecule has 3 heteroatoms. The molecule has 82 valence electrons. The van der Waals surface area contributed by atoms with Crippen LogP contribution in [-0.4, -0.2) is 12.5 Å². The Hall–Kier alpha value is -1.51. The van der Waals surface area contributed by atoms with Crippen LogP contribution in [0.3, 0.4) is 0 Å². The topological polar surface area (TPSA) is 50.4 Å². The van der Waals surface area contributed by atoms with Gasteiger partial charge in [-0.05, 0) is 18.9 Å². The zero-order valence-corrected chi connectivity index (χ0v) is 9.40. The van der Waals surface area contributed by atoms with Gasteiger partial charge in [-0.3, -0.25) is 4.99 Å². The van der Waals surface area contributed by atoms with Crippen molar-refractivity contribution in [2.75, 3.05) is 6.54 Å². The van der Waals surface area contributed by atoms with Crippen LogP contribution < -0.4 is 11.1 Å². The van der Waals surface area contributed by atoms with E-state index in [9.17, 15) is 0 Å². The summed E-state index contributed by atoms with van der Waals surface area (Å²) in [4.78, 5) is 4.12. The number of guanidine groups is 1. The van der Waals surface area contributed by atoms with Crippen LogP contribution in [0.5, 0.6) is 0 Å². The first-order valence-electron chi connectivity index (χ1n) is 5.39. The van der Waals surface area contributed by atoms with E-state index in [1.807, 2.05) is 25.1 Å². The van der Waals surface area contributed by atoms with E-state index in [2.05, 4.69) is 29.4 Å². The predicted molar refractivity (Wildman–Crippen MR) is 64.8 cm³/mol. The highest BCUT2D eigenvalue weighted by Crippen LogP contribution is 2.15. The zero-order valence-electron chi connectivity index (χ0n) is 9.40. The van der Waals surface area contributed by atoms with Crippen LogP contribution in [-0.2, 0) is 0 Å². The largest absolute Gasteiger partial charge is 0.370 e. The van der Waals surface area contributed by atoms with E-state index < -0.39 is 0 Å². The third kappa shape index (κ3) is 3.62. The van der Waals surface area contributed by atoms with Crippen LogP contribution in [0, 0.1) is 0 Å². The summed E-state index contributed by atoms with van der Waals surface area (Å²) in [7, 11) is 0. The Morgan fingerprint density at radius 3 is 2.53 bits per heavy atom. The molecular formula is C12H19N3. The molecule has 0 radical (unpaired) electrons. The molecule has 1 aromatic carbocycles. The maximum atomic E-state index is 5.74. The van der Waals surface area contributed by atoms with Crippen LogP contribution in [0.25, 0.3) is 0 Å². The molecular weight excluding hydrogens is 186 g/mol. The molecule has 1 rings (SSSR count). The van der Waals surface area contributed by atoms with E-state index in [4.69, 9.17) is 5.73 Å². The highest BCUT2D eigenvalue weighted by atomic mass is 15.1. The molecule has 0 spiro atoms. The van der Waals surface area contributed by atoms with Gasteiger partial charge in [0.15, 0.2) is 5.96 Å². The minimum atomic E-state index is 0.251. The molecule has 0 saturated heterocycles. The van der Waals surface area contributed by atoms with Gasteiger partial charge in [-0.15, -0.1) is 0 Å². The molecule has 0 amide bonds. The monoisotopic (exact) mass is 205 g/mol. The van der Waals surface area contributed by atoms with Crippen molar-refractivity contribution in [1.29, 1.82) is 0 Å². The van der Waals surface area contributed by atoms with E-state index in [0.717, 1.165) is 6.42 Å². The van der Waals surface area contributed by atoms with Crippen LogP contribution >= 0.6 is 0 Å². The molecule has 3 N–H and O–H groups in total. The Bertz CT molecular complexity index is 306. The normalized spacial score (nSPS) is 13.6. The number of rotatable bonds is 4. The number of benzene rings is 1. The molecule has 0 aliphatic carbocycles. The summed E-state index contributed by atoms with van der Waals surface area (Å²) in [5.41, 5.74) is 6.98. The minimum Gasteiger partial charge on any atom is -0.370 e. The first-order chi connectivity index (χ1) is 7.27. The summed E-state index contributed by atoms with van der Waals surface area (Å²) in [6.45, 7) is 4.81. The van der Waals surface area contributed by atoms with E-state index in [-0.39, 0.29) is 6.04 Å². The molecule has 1 atom stereocenters. The van der Waals surface area contributed by atoms with Crippen molar-refractivity contribution in [2.45, 2.75) is 26.3 Å². The molecule has 0 aliphatic rings. The number of aliphatic imine (C=N–C) groups is 1. The van der Waals surface area contributed by atoms with Crippen molar-refractivity contribution in [2.24, 2.45) is 10.7 Å². The van der Waals surface area contributed by atoms with Crippen molar-refractivity contribution in [3.05, 3.63) is 35.9 Å². The van der Waals surface area contributed by atoms with Gasteiger partial charge in [-0.1, -0.05) is 37.3 Å². The summed E-state index contributed by atoms with van der Waals surface area (Å²) in [6.07, 6.45) is 0.990. The second-order valence-corrected chi connectivity index (χ2v) is 3.38. The average Bonchev–Trinajstić information content (AvgIpc) is 2.27. The smallest absolute Gasteiger partial charge is 0.189 e. The van der Waals surface area contributed by atoms with Crippen LogP contribution in [0.15, 0.2) is 35.3 Å². The summed E-state index contributed by atoms with van der Waals surface area (Å²) < 4.78 is 0. The van der Waals surface area contributed by atoms with Gasteiger partial charge in [0.05, 0.1) is 6.04 Å². The second-order valence-electron chi connectivity index (χ2n) is 3.38. The first-order valence-corrected chi connectivity index (χ1v) is 5.39. The molecule has 1 unspecified atom stereocenters. The van der Waals surface area contributed by atoms with E-state index >= 15 is 0 Å². The lowest BCUT2D eigenvalue weighted by molar-refractivity contribution is 0.620. The molecule has 0 saturated carbocycles. The maximum absolute atomic E-state index is 5.74. The average molecular weight is 205 g/mol. The van der Waals surface area contributed by atoms with Gasteiger partial charge in [-0.25, -0.2) is 0 Å². The van der Waals surface area contributed by atoms with Gasteiger partial charge in [0.1, 0.15) is 0 Å². The third-order valence-electron chi connectivity index (χ3n) is 2.26. The molecule has 0 bridgehead atoms. The predicted octanol–water partition coefficient (Wildman–Crippen LogP) is 2.06. The Labute approximate surface area is 91.4 Å². The van der Waals surface area contributed by atoms with Gasteiger partial charge in [0.25, 0.3) is 0 Å². The number of nitrogens with zero attached hydrogens (tertiary/aromatic N) is 1. The quantitative estimate of drug-likeness (QED) is 0.584. The summed E-state index contributed by atoms with van der Waals surface area (Å²) in [6, 6.07) is 10.5. The summed E-state index contributed by atoms with van der Waals surface area (Å²) in [5.74, 6) is 0.521. The highest BCUT2D eigenvalue weighted by molar-refractivity contribution is 5.78. The third-order valence-corrected chi connectivity index (χ3v) is 2.26. The number of nitrogens with one attached hydrogen (secondary N) is 1. The summed E-state index contributed by atoms with van der Waals surface area (Å²) >= 11 is 0. The standard InChI is InChI=1S/C12H19N3/c1-3-11(15-12(13)14-4-2)10-8-6-5-7-9-10/h5-9,11H,3-4H2,1-2H3,(H3,13,14,15). The fraction of sp³-hybridized carbons (Fsp3) is 0.417. The number of nitrogens with two attached hydrogens (primary N) is 1. The zero-order chi connectivity index (χ0) is 11.1. The fourth-order valence-electron chi connectivity index (χ4n) is 1.50.